The van der Waals surface area contributed by atoms with Gasteiger partial charge in [0.25, 0.3) is 0 Å². The van der Waals surface area contributed by atoms with E-state index < -0.39 is 18.4 Å². The Balaban J connectivity index is 2.44. The van der Waals surface area contributed by atoms with Crippen molar-refractivity contribution in [2.75, 3.05) is 7.11 Å². The van der Waals surface area contributed by atoms with E-state index >= 15 is 0 Å². The predicted molar refractivity (Wildman–Crippen MR) is 109 cm³/mol. The Hall–Kier alpha value is -0.561. The first kappa shape index (κ1) is 20.7. The number of nitrogens with zero attached hydrogens (tertiary/aromatic N) is 2. The third-order valence-electron chi connectivity index (χ3n) is 5.14. The average Bonchev–Trinajstić information content (AvgIpc) is 3.22. The van der Waals surface area contributed by atoms with E-state index in [4.69, 9.17) is 4.74 Å². The van der Waals surface area contributed by atoms with Crippen LogP contribution in [0.4, 0.5) is 0 Å². The van der Waals surface area contributed by atoms with Crippen LogP contribution in [0.1, 0.15) is 69.8 Å². The number of hydrogen-bond donors (Lipinski definition) is 0. The van der Waals surface area contributed by atoms with Gasteiger partial charge in [-0.25, -0.2) is 0 Å². The van der Waals surface area contributed by atoms with E-state index in [0.29, 0.717) is 5.69 Å². The summed E-state index contributed by atoms with van der Waals surface area (Å²) in [5, 5.41) is 0. The summed E-state index contributed by atoms with van der Waals surface area (Å²) in [6.45, 7) is 6.90. The van der Waals surface area contributed by atoms with E-state index in [-0.39, 0.29) is 5.97 Å². The molecule has 0 N–H and O–H groups in total. The zero-order valence-corrected chi connectivity index (χ0v) is 19.8. The Morgan fingerprint density at radius 1 is 1.12 bits per heavy atom. The summed E-state index contributed by atoms with van der Waals surface area (Å²) >= 11 is -0.611. The van der Waals surface area contributed by atoms with E-state index in [9.17, 15) is 4.79 Å². The normalized spacial score (nSPS) is 12.0. The summed E-state index contributed by atoms with van der Waals surface area (Å²) in [4.78, 5) is 17.2. The summed E-state index contributed by atoms with van der Waals surface area (Å²) in [7, 11) is 1.43. The molecular weight excluding hydrogens is 439 g/mol. The molecule has 0 saturated carbocycles. The fraction of sp³-hybridized carbons (Fsp3) is 0.684. The molecule has 0 unspecified atom stereocenters. The van der Waals surface area contributed by atoms with Gasteiger partial charge in [0, 0.05) is 0 Å². The van der Waals surface area contributed by atoms with Crippen LogP contribution in [-0.4, -0.2) is 40.8 Å². The molecule has 0 radical (unpaired) electrons. The molecule has 4 nitrogen and oxygen atoms in total. The Kier molecular flexibility index (Phi) is 8.26. The van der Waals surface area contributed by atoms with E-state index in [2.05, 4.69) is 36.4 Å². The predicted octanol–water partition coefficient (Wildman–Crippen LogP) is 5.24. The fourth-order valence-corrected chi connectivity index (χ4v) is 23.6. The summed E-state index contributed by atoms with van der Waals surface area (Å²) in [6.07, 6.45) is 11.9. The van der Waals surface area contributed by atoms with Crippen LogP contribution in [0.3, 0.4) is 0 Å². The van der Waals surface area contributed by atoms with Gasteiger partial charge in [0.05, 0.1) is 0 Å². The molecule has 0 aromatic carbocycles. The first-order valence-electron chi connectivity index (χ1n) is 9.67. The number of fused-ring (bicyclic) bond motifs is 1. The Labute approximate surface area is 159 Å². The van der Waals surface area contributed by atoms with Crippen LogP contribution in [0, 0.1) is 0 Å². The van der Waals surface area contributed by atoms with Crippen LogP contribution < -0.4 is 2.89 Å². The van der Waals surface area contributed by atoms with Crippen LogP contribution in [-0.2, 0) is 4.74 Å². The molecule has 0 spiro atoms. The fourth-order valence-electron chi connectivity index (χ4n) is 3.57. The Morgan fingerprint density at radius 2 is 1.68 bits per heavy atom. The number of ether oxygens (including phenoxy) is 1. The molecule has 140 valence electrons. The van der Waals surface area contributed by atoms with Crippen molar-refractivity contribution in [1.29, 1.82) is 0 Å². The minimum absolute atomic E-state index is 0.327. The van der Waals surface area contributed by atoms with Gasteiger partial charge in [0.15, 0.2) is 0 Å². The van der Waals surface area contributed by atoms with Gasteiger partial charge >= 0.3 is 160 Å². The first-order valence-corrected chi connectivity index (χ1v) is 18.0. The number of carbonyl (C=O) groups is 1. The van der Waals surface area contributed by atoms with Crippen molar-refractivity contribution in [3.63, 3.8) is 0 Å². The molecule has 6 heteroatoms. The molecule has 0 amide bonds. The van der Waals surface area contributed by atoms with Crippen LogP contribution in [0.2, 0.25) is 13.3 Å². The van der Waals surface area contributed by atoms with Gasteiger partial charge in [-0.1, -0.05) is 0 Å². The van der Waals surface area contributed by atoms with Crippen molar-refractivity contribution < 1.29 is 9.53 Å². The van der Waals surface area contributed by atoms with Gasteiger partial charge in [0.2, 0.25) is 0 Å². The monoisotopic (exact) mass is 472 g/mol. The minimum atomic E-state index is -2.44. The molecule has 2 aromatic rings. The summed E-state index contributed by atoms with van der Waals surface area (Å²) < 4.78 is 12.9. The SMILES string of the molecule is CCC[CH2][Sn]([CH2]CCC)([CH2]CCC)[c]1cn2cnc(C(=O)OC)c2s1. The Morgan fingerprint density at radius 3 is 2.16 bits per heavy atom. The molecule has 0 aliphatic heterocycles. The molecule has 0 aliphatic rings. The second-order valence-electron chi connectivity index (χ2n) is 6.98. The van der Waals surface area contributed by atoms with Crippen molar-refractivity contribution in [2.45, 2.75) is 72.6 Å². The third-order valence-corrected chi connectivity index (χ3v) is 24.4. The summed E-state index contributed by atoms with van der Waals surface area (Å²) in [5.74, 6) is -0.327. The van der Waals surface area contributed by atoms with Gasteiger partial charge in [-0.2, -0.15) is 0 Å². The molecule has 0 aliphatic carbocycles. The summed E-state index contributed by atoms with van der Waals surface area (Å²) in [5.41, 5.74) is 0.473. The molecule has 25 heavy (non-hydrogen) atoms. The number of methoxy groups -OCH3 is 1. The number of rotatable bonds is 11. The van der Waals surface area contributed by atoms with Gasteiger partial charge < -0.3 is 0 Å². The zero-order chi connectivity index (χ0) is 18.3. The quantitative estimate of drug-likeness (QED) is 0.333. The summed E-state index contributed by atoms with van der Waals surface area (Å²) in [6, 6.07) is 0. The van der Waals surface area contributed by atoms with Gasteiger partial charge in [-0.3, -0.25) is 0 Å². The number of aromatic nitrogens is 2. The number of hydrogen-bond acceptors (Lipinski definition) is 4. The Bertz CT molecular complexity index is 658. The maximum atomic E-state index is 12.0. The van der Waals surface area contributed by atoms with Gasteiger partial charge in [0.1, 0.15) is 0 Å². The van der Waals surface area contributed by atoms with Crippen LogP contribution >= 0.6 is 11.3 Å². The van der Waals surface area contributed by atoms with Crippen LogP contribution in [0.5, 0.6) is 0 Å². The van der Waals surface area contributed by atoms with E-state index in [1.807, 2.05) is 11.3 Å². The maximum absolute atomic E-state index is 12.0. The molecule has 2 aromatic heterocycles. The first-order chi connectivity index (χ1) is 12.1. The van der Waals surface area contributed by atoms with Crippen LogP contribution in [0.25, 0.3) is 4.83 Å². The number of unbranched alkanes of at least 4 members (excludes halogenated alkanes) is 3. The van der Waals surface area contributed by atoms with Crippen molar-refractivity contribution in [1.82, 2.24) is 9.38 Å². The molecule has 0 atom stereocenters. The van der Waals surface area contributed by atoms with Crippen LogP contribution in [0.15, 0.2) is 12.5 Å². The van der Waals surface area contributed by atoms with Gasteiger partial charge in [-0.05, 0) is 0 Å². The number of esters is 1. The standard InChI is InChI=1S/C7H5N2O2S.3C4H9.Sn/c1-11-7(10)5-6-9(4-8-5)2-3-12-6;3*1-3-4-2;/h2,4H,1H3;3*1,3-4H2,2H3;. The van der Waals surface area contributed by atoms with E-state index in [1.54, 1.807) is 9.22 Å². The molecular formula is C19H32N2O2SSn. The topological polar surface area (TPSA) is 43.6 Å². The van der Waals surface area contributed by atoms with Crippen molar-refractivity contribution >= 4 is 43.4 Å². The zero-order valence-electron chi connectivity index (χ0n) is 16.1. The van der Waals surface area contributed by atoms with E-state index in [1.165, 1.54) is 58.9 Å². The molecule has 0 bridgehead atoms. The second-order valence-corrected chi connectivity index (χ2v) is 22.2. The molecule has 2 heterocycles. The average molecular weight is 471 g/mol. The molecule has 0 fully saturated rings. The second kappa shape index (κ2) is 9.95. The number of carbonyl (C=O) groups excluding carboxylic acids is 1. The van der Waals surface area contributed by atoms with E-state index in [0.717, 1.165) is 4.83 Å². The number of thiazole rings is 1. The molecule has 0 saturated heterocycles. The van der Waals surface area contributed by atoms with Crippen molar-refractivity contribution in [3.8, 4) is 0 Å². The van der Waals surface area contributed by atoms with Gasteiger partial charge in [-0.15, -0.1) is 0 Å². The van der Waals surface area contributed by atoms with Crippen molar-refractivity contribution in [2.24, 2.45) is 0 Å². The molecule has 2 rings (SSSR count). The third kappa shape index (κ3) is 4.79. The number of imidazole rings is 1. The van der Waals surface area contributed by atoms with Crippen molar-refractivity contribution in [3.05, 3.63) is 18.2 Å².